The van der Waals surface area contributed by atoms with E-state index in [4.69, 9.17) is 0 Å². The van der Waals surface area contributed by atoms with Crippen molar-refractivity contribution >= 4 is 36.0 Å². The summed E-state index contributed by atoms with van der Waals surface area (Å²) in [6.45, 7) is 0. The monoisotopic (exact) mass is 542 g/mol. The fraction of sp³-hybridized carbons (Fsp3) is 0.143. The molecule has 0 radical (unpaired) electrons. The first-order valence-electron chi connectivity index (χ1n) is 11.8. The molecular weight excluding hydrogens is 512 g/mol. The molecule has 206 valence electrons. The van der Waals surface area contributed by atoms with Crippen molar-refractivity contribution in [3.63, 3.8) is 0 Å². The molecule has 0 aromatic carbocycles. The van der Waals surface area contributed by atoms with Crippen LogP contribution in [-0.4, -0.2) is 82.6 Å². The number of nitrogens with zero attached hydrogens (tertiary/aromatic N) is 6. The third-order valence-electron chi connectivity index (χ3n) is 4.60. The molecule has 4 rings (SSSR count). The van der Waals surface area contributed by atoms with Crippen LogP contribution < -0.4 is 10.6 Å². The SMILES string of the molecule is CN(C)C=O.CN(C)C=O.O=C(Nc1ccncc1)c1ccnc(-c2cc(C(=O)Nc3ccncc3)ccn2)c1. The predicted octanol–water partition coefficient (Wildman–Crippen LogP) is 2.85. The molecule has 40 heavy (non-hydrogen) atoms. The number of carbonyl (C=O) groups is 4. The molecule has 4 aromatic rings. The first-order chi connectivity index (χ1) is 19.2. The Labute approximate surface area is 232 Å². The molecule has 0 aliphatic carbocycles. The zero-order valence-electron chi connectivity index (χ0n) is 22.6. The van der Waals surface area contributed by atoms with Gasteiger partial charge in [0.15, 0.2) is 0 Å². The van der Waals surface area contributed by atoms with Gasteiger partial charge in [-0.15, -0.1) is 0 Å². The molecule has 0 saturated heterocycles. The molecule has 4 heterocycles. The fourth-order valence-corrected chi connectivity index (χ4v) is 2.70. The number of amides is 4. The van der Waals surface area contributed by atoms with Gasteiger partial charge in [-0.05, 0) is 48.5 Å². The van der Waals surface area contributed by atoms with Crippen LogP contribution in [0.1, 0.15) is 20.7 Å². The summed E-state index contributed by atoms with van der Waals surface area (Å²) < 4.78 is 0. The molecule has 0 aliphatic heterocycles. The summed E-state index contributed by atoms with van der Waals surface area (Å²) in [6, 6.07) is 13.3. The molecule has 0 saturated carbocycles. The summed E-state index contributed by atoms with van der Waals surface area (Å²) in [5.74, 6) is -0.562. The van der Waals surface area contributed by atoms with Crippen LogP contribution in [0.4, 0.5) is 11.4 Å². The Balaban J connectivity index is 0.000000482. The molecule has 0 bridgehead atoms. The van der Waals surface area contributed by atoms with Gasteiger partial charge in [-0.2, -0.15) is 0 Å². The van der Waals surface area contributed by atoms with Gasteiger partial charge in [0.25, 0.3) is 11.8 Å². The van der Waals surface area contributed by atoms with Crippen LogP contribution in [0.3, 0.4) is 0 Å². The molecule has 4 amide bonds. The van der Waals surface area contributed by atoms with E-state index in [1.54, 1.807) is 102 Å². The van der Waals surface area contributed by atoms with Crippen LogP contribution in [0.5, 0.6) is 0 Å². The quantitative estimate of drug-likeness (QED) is 0.339. The predicted molar refractivity (Wildman–Crippen MR) is 151 cm³/mol. The van der Waals surface area contributed by atoms with Crippen molar-refractivity contribution in [2.24, 2.45) is 0 Å². The zero-order valence-corrected chi connectivity index (χ0v) is 22.6. The summed E-state index contributed by atoms with van der Waals surface area (Å²) in [6.07, 6.45) is 10.9. The third kappa shape index (κ3) is 10.8. The van der Waals surface area contributed by atoms with Gasteiger partial charge in [-0.3, -0.25) is 39.1 Å². The van der Waals surface area contributed by atoms with E-state index in [0.29, 0.717) is 33.9 Å². The first kappa shape index (κ1) is 30.7. The van der Waals surface area contributed by atoms with Gasteiger partial charge in [0.2, 0.25) is 12.8 Å². The average Bonchev–Trinajstić information content (AvgIpc) is 2.99. The second-order valence-corrected chi connectivity index (χ2v) is 8.38. The second-order valence-electron chi connectivity index (χ2n) is 8.38. The zero-order chi connectivity index (χ0) is 29.3. The maximum absolute atomic E-state index is 12.5. The summed E-state index contributed by atoms with van der Waals surface area (Å²) >= 11 is 0. The van der Waals surface area contributed by atoms with E-state index in [2.05, 4.69) is 30.6 Å². The Hall–Kier alpha value is -5.52. The van der Waals surface area contributed by atoms with Crippen molar-refractivity contribution in [3.8, 4) is 11.4 Å². The van der Waals surface area contributed by atoms with Gasteiger partial charge >= 0.3 is 0 Å². The van der Waals surface area contributed by atoms with Gasteiger partial charge in [0.05, 0.1) is 11.4 Å². The number of nitrogens with one attached hydrogen (secondary N) is 2. The largest absolute Gasteiger partial charge is 0.351 e. The number of carbonyl (C=O) groups excluding carboxylic acids is 4. The highest BCUT2D eigenvalue weighted by molar-refractivity contribution is 6.05. The molecule has 0 unspecified atom stereocenters. The number of rotatable bonds is 7. The smallest absolute Gasteiger partial charge is 0.255 e. The third-order valence-corrected chi connectivity index (χ3v) is 4.60. The number of hydrogen-bond acceptors (Lipinski definition) is 8. The Bertz CT molecular complexity index is 1280. The Morgan fingerprint density at radius 1 is 0.600 bits per heavy atom. The van der Waals surface area contributed by atoms with E-state index in [1.165, 1.54) is 22.2 Å². The van der Waals surface area contributed by atoms with Crippen LogP contribution in [0.15, 0.2) is 85.7 Å². The van der Waals surface area contributed by atoms with E-state index in [-0.39, 0.29) is 11.8 Å². The van der Waals surface area contributed by atoms with Crippen molar-refractivity contribution < 1.29 is 19.2 Å². The molecule has 12 heteroatoms. The van der Waals surface area contributed by atoms with Gasteiger partial charge in [-0.25, -0.2) is 0 Å². The van der Waals surface area contributed by atoms with E-state index < -0.39 is 0 Å². The molecule has 4 aromatic heterocycles. The highest BCUT2D eigenvalue weighted by Gasteiger charge is 2.12. The molecule has 0 fully saturated rings. The molecule has 0 aliphatic rings. The lowest BCUT2D eigenvalue weighted by Crippen LogP contribution is -2.13. The normalized spacial score (nSPS) is 9.40. The number of anilines is 2. The minimum atomic E-state index is -0.281. The number of aromatic nitrogens is 4. The molecule has 12 nitrogen and oxygen atoms in total. The standard InChI is InChI=1S/C22H16N6O2.2C3H7NO/c29-21(27-17-3-7-23-8-4-17)15-1-11-25-19(13-15)20-14-16(2-12-26-20)22(30)28-18-5-9-24-10-6-18;2*1-4(2)3-5/h1-14H,(H,23,27,29)(H,24,28,30);2*3H,1-2H3. The van der Waals surface area contributed by atoms with Crippen molar-refractivity contribution in [1.29, 1.82) is 0 Å². The highest BCUT2D eigenvalue weighted by Crippen LogP contribution is 2.18. The van der Waals surface area contributed by atoms with Gasteiger partial charge in [0, 0.05) is 87.9 Å². The van der Waals surface area contributed by atoms with E-state index in [0.717, 1.165) is 12.8 Å². The first-order valence-corrected chi connectivity index (χ1v) is 11.8. The maximum atomic E-state index is 12.5. The Kier molecular flexibility index (Phi) is 12.5. The van der Waals surface area contributed by atoms with E-state index in [1.807, 2.05) is 0 Å². The van der Waals surface area contributed by atoms with Crippen LogP contribution in [-0.2, 0) is 9.59 Å². The Morgan fingerprint density at radius 2 is 0.925 bits per heavy atom. The minimum Gasteiger partial charge on any atom is -0.351 e. The van der Waals surface area contributed by atoms with Gasteiger partial charge in [0.1, 0.15) is 0 Å². The molecular formula is C28H30N8O4. The second kappa shape index (κ2) is 16.3. The average molecular weight is 543 g/mol. The lowest BCUT2D eigenvalue weighted by Gasteiger charge is -2.08. The molecule has 0 spiro atoms. The molecule has 0 atom stereocenters. The molecule has 2 N–H and O–H groups in total. The van der Waals surface area contributed by atoms with Crippen LogP contribution in [0, 0.1) is 0 Å². The number of pyridine rings is 4. The van der Waals surface area contributed by atoms with Crippen molar-refractivity contribution in [1.82, 2.24) is 29.7 Å². The van der Waals surface area contributed by atoms with Crippen molar-refractivity contribution in [2.45, 2.75) is 0 Å². The van der Waals surface area contributed by atoms with Gasteiger partial charge in [-0.1, -0.05) is 0 Å². The van der Waals surface area contributed by atoms with Crippen LogP contribution >= 0.6 is 0 Å². The lowest BCUT2D eigenvalue weighted by atomic mass is 10.1. The number of hydrogen-bond donors (Lipinski definition) is 2. The van der Waals surface area contributed by atoms with Gasteiger partial charge < -0.3 is 20.4 Å². The highest BCUT2D eigenvalue weighted by atomic mass is 16.2. The van der Waals surface area contributed by atoms with Crippen molar-refractivity contribution in [3.05, 3.63) is 96.8 Å². The summed E-state index contributed by atoms with van der Waals surface area (Å²) in [4.78, 5) is 63.2. The van der Waals surface area contributed by atoms with Crippen molar-refractivity contribution in [2.75, 3.05) is 38.8 Å². The fourth-order valence-electron chi connectivity index (χ4n) is 2.70. The topological polar surface area (TPSA) is 150 Å². The van der Waals surface area contributed by atoms with E-state index in [9.17, 15) is 19.2 Å². The Morgan fingerprint density at radius 3 is 1.23 bits per heavy atom. The lowest BCUT2D eigenvalue weighted by molar-refractivity contribution is -0.116. The van der Waals surface area contributed by atoms with E-state index >= 15 is 0 Å². The summed E-state index contributed by atoms with van der Waals surface area (Å²) in [5.41, 5.74) is 3.09. The van der Waals surface area contributed by atoms with Crippen LogP contribution in [0.2, 0.25) is 0 Å². The summed E-state index contributed by atoms with van der Waals surface area (Å²) in [5, 5.41) is 5.59. The summed E-state index contributed by atoms with van der Waals surface area (Å²) in [7, 11) is 6.75. The minimum absolute atomic E-state index is 0.281. The van der Waals surface area contributed by atoms with Crippen LogP contribution in [0.25, 0.3) is 11.4 Å². The maximum Gasteiger partial charge on any atom is 0.255 e.